The lowest BCUT2D eigenvalue weighted by atomic mass is 10.1. The summed E-state index contributed by atoms with van der Waals surface area (Å²) in [5.41, 5.74) is 0.378. The van der Waals surface area contributed by atoms with Crippen LogP contribution in [0.1, 0.15) is 16.5 Å². The van der Waals surface area contributed by atoms with Crippen LogP contribution in [0.25, 0.3) is 10.1 Å². The molecule has 0 aliphatic heterocycles. The Morgan fingerprint density at radius 3 is 2.67 bits per heavy atom. The largest absolute Gasteiger partial charge is 0.386 e. The second kappa shape index (κ2) is 7.07. The number of halogens is 2. The average molecular weight is 347 g/mol. The molecule has 0 aliphatic rings. The minimum atomic E-state index is -0.981. The van der Waals surface area contributed by atoms with Crippen LogP contribution >= 0.6 is 11.3 Å². The van der Waals surface area contributed by atoms with E-state index in [0.29, 0.717) is 5.56 Å². The van der Waals surface area contributed by atoms with E-state index in [0.717, 1.165) is 27.1 Å². The van der Waals surface area contributed by atoms with Crippen LogP contribution in [0.15, 0.2) is 48.5 Å². The third-order valence-electron chi connectivity index (χ3n) is 3.61. The number of hydrogen-bond donors (Lipinski definition) is 2. The molecular formula is C18H15F2NO2S. The van der Waals surface area contributed by atoms with Gasteiger partial charge in [0.15, 0.2) is 11.6 Å². The maximum Gasteiger partial charge on any atom is 0.224 e. The minimum absolute atomic E-state index is 0.0648. The van der Waals surface area contributed by atoms with Crippen molar-refractivity contribution >= 4 is 27.3 Å². The Morgan fingerprint density at radius 1 is 1.12 bits per heavy atom. The molecule has 6 heteroatoms. The molecule has 2 aromatic carbocycles. The summed E-state index contributed by atoms with van der Waals surface area (Å²) in [6.45, 7) is 0.0648. The van der Waals surface area contributed by atoms with Crippen LogP contribution in [0.4, 0.5) is 8.78 Å². The standard InChI is InChI=1S/C18H15F2NO2S/c19-13-6-5-11(7-14(13)20)8-18(23)21-10-15(22)17-9-12-3-1-2-4-16(12)24-17/h1-7,9,15,22H,8,10H2,(H,21,23). The minimum Gasteiger partial charge on any atom is -0.386 e. The molecule has 3 aromatic rings. The Morgan fingerprint density at radius 2 is 1.92 bits per heavy atom. The van der Waals surface area contributed by atoms with Crippen LogP contribution in [0.5, 0.6) is 0 Å². The molecule has 0 fully saturated rings. The molecule has 0 aliphatic carbocycles. The van der Waals surface area contributed by atoms with Gasteiger partial charge in [0.25, 0.3) is 0 Å². The fourth-order valence-electron chi connectivity index (χ4n) is 2.38. The van der Waals surface area contributed by atoms with Crippen molar-refractivity contribution in [1.82, 2.24) is 5.32 Å². The van der Waals surface area contributed by atoms with Gasteiger partial charge in [-0.3, -0.25) is 4.79 Å². The molecule has 1 atom stereocenters. The highest BCUT2D eigenvalue weighted by Crippen LogP contribution is 2.29. The third kappa shape index (κ3) is 3.77. The van der Waals surface area contributed by atoms with E-state index in [9.17, 15) is 18.7 Å². The molecule has 1 heterocycles. The Hall–Kier alpha value is -2.31. The van der Waals surface area contributed by atoms with E-state index in [4.69, 9.17) is 0 Å². The summed E-state index contributed by atoms with van der Waals surface area (Å²) in [5.74, 6) is -2.29. The van der Waals surface area contributed by atoms with E-state index in [-0.39, 0.29) is 18.9 Å². The van der Waals surface area contributed by atoms with Crippen molar-refractivity contribution in [3.8, 4) is 0 Å². The smallest absolute Gasteiger partial charge is 0.224 e. The lowest BCUT2D eigenvalue weighted by Gasteiger charge is -2.10. The maximum atomic E-state index is 13.1. The number of carbonyl (C=O) groups excluding carboxylic acids is 1. The summed E-state index contributed by atoms with van der Waals surface area (Å²) >= 11 is 1.47. The van der Waals surface area contributed by atoms with Gasteiger partial charge in [-0.25, -0.2) is 8.78 Å². The topological polar surface area (TPSA) is 49.3 Å². The van der Waals surface area contributed by atoms with Gasteiger partial charge in [-0.05, 0) is 35.2 Å². The van der Waals surface area contributed by atoms with Crippen LogP contribution in [-0.4, -0.2) is 17.6 Å². The number of carbonyl (C=O) groups is 1. The first-order chi connectivity index (χ1) is 11.5. The fraction of sp³-hybridized carbons (Fsp3) is 0.167. The number of hydrogen-bond acceptors (Lipinski definition) is 3. The molecule has 0 spiro atoms. The highest BCUT2D eigenvalue weighted by molar-refractivity contribution is 7.19. The van der Waals surface area contributed by atoms with E-state index < -0.39 is 17.7 Å². The van der Waals surface area contributed by atoms with E-state index >= 15 is 0 Å². The molecule has 0 radical (unpaired) electrons. The predicted molar refractivity (Wildman–Crippen MR) is 89.9 cm³/mol. The first kappa shape index (κ1) is 16.5. The van der Waals surface area contributed by atoms with Crippen molar-refractivity contribution in [2.24, 2.45) is 0 Å². The Kier molecular flexibility index (Phi) is 4.87. The van der Waals surface area contributed by atoms with Crippen LogP contribution in [0, 0.1) is 11.6 Å². The van der Waals surface area contributed by atoms with Gasteiger partial charge in [0.1, 0.15) is 6.10 Å². The second-order valence-corrected chi connectivity index (χ2v) is 6.55. The maximum absolute atomic E-state index is 13.1. The fourth-order valence-corrected chi connectivity index (χ4v) is 3.43. The number of rotatable bonds is 5. The molecule has 124 valence electrons. The zero-order chi connectivity index (χ0) is 17.1. The summed E-state index contributed by atoms with van der Waals surface area (Å²) in [7, 11) is 0. The molecule has 3 nitrogen and oxygen atoms in total. The SMILES string of the molecule is O=C(Cc1ccc(F)c(F)c1)NCC(O)c1cc2ccccc2s1. The zero-order valence-electron chi connectivity index (χ0n) is 12.6. The number of aliphatic hydroxyl groups excluding tert-OH is 1. The Bertz CT molecular complexity index is 845. The summed E-state index contributed by atoms with van der Waals surface area (Å²) in [6.07, 6.45) is -0.882. The summed E-state index contributed by atoms with van der Waals surface area (Å²) in [4.78, 5) is 12.6. The molecule has 0 bridgehead atoms. The van der Waals surface area contributed by atoms with Crippen molar-refractivity contribution in [3.63, 3.8) is 0 Å². The van der Waals surface area contributed by atoms with Crippen molar-refractivity contribution in [2.45, 2.75) is 12.5 Å². The van der Waals surface area contributed by atoms with Crippen LogP contribution in [0.2, 0.25) is 0 Å². The van der Waals surface area contributed by atoms with Gasteiger partial charge < -0.3 is 10.4 Å². The predicted octanol–water partition coefficient (Wildman–Crippen LogP) is 3.57. The molecule has 3 rings (SSSR count). The number of thiophene rings is 1. The average Bonchev–Trinajstić information content (AvgIpc) is 3.00. The van der Waals surface area contributed by atoms with Gasteiger partial charge in [-0.2, -0.15) is 0 Å². The summed E-state index contributed by atoms with van der Waals surface area (Å²) in [5, 5.41) is 13.9. The van der Waals surface area contributed by atoms with Gasteiger partial charge >= 0.3 is 0 Å². The number of amides is 1. The summed E-state index contributed by atoms with van der Waals surface area (Å²) in [6, 6.07) is 13.0. The van der Waals surface area contributed by atoms with Gasteiger partial charge in [0.2, 0.25) is 5.91 Å². The van der Waals surface area contributed by atoms with Crippen molar-refractivity contribution in [2.75, 3.05) is 6.54 Å². The van der Waals surface area contributed by atoms with Crippen molar-refractivity contribution in [3.05, 3.63) is 70.6 Å². The third-order valence-corrected chi connectivity index (χ3v) is 4.83. The van der Waals surface area contributed by atoms with E-state index in [1.807, 2.05) is 30.3 Å². The lowest BCUT2D eigenvalue weighted by molar-refractivity contribution is -0.120. The van der Waals surface area contributed by atoms with E-state index in [1.54, 1.807) is 0 Å². The highest BCUT2D eigenvalue weighted by Gasteiger charge is 2.13. The molecule has 24 heavy (non-hydrogen) atoms. The lowest BCUT2D eigenvalue weighted by Crippen LogP contribution is -2.29. The van der Waals surface area contributed by atoms with Gasteiger partial charge in [-0.1, -0.05) is 24.3 Å². The molecule has 1 aromatic heterocycles. The summed E-state index contributed by atoms with van der Waals surface area (Å²) < 4.78 is 27.0. The molecule has 1 unspecified atom stereocenters. The number of nitrogens with one attached hydrogen (secondary N) is 1. The van der Waals surface area contributed by atoms with Gasteiger partial charge in [0.05, 0.1) is 6.42 Å². The van der Waals surface area contributed by atoms with Crippen molar-refractivity contribution < 1.29 is 18.7 Å². The van der Waals surface area contributed by atoms with E-state index in [1.165, 1.54) is 17.4 Å². The zero-order valence-corrected chi connectivity index (χ0v) is 13.4. The first-order valence-corrected chi connectivity index (χ1v) is 8.22. The monoisotopic (exact) mass is 347 g/mol. The number of aliphatic hydroxyl groups is 1. The second-order valence-electron chi connectivity index (χ2n) is 5.43. The Labute approximate surface area is 141 Å². The van der Waals surface area contributed by atoms with Crippen LogP contribution < -0.4 is 5.32 Å². The van der Waals surface area contributed by atoms with Crippen molar-refractivity contribution in [1.29, 1.82) is 0 Å². The molecule has 0 saturated heterocycles. The van der Waals surface area contributed by atoms with Crippen LogP contribution in [0.3, 0.4) is 0 Å². The van der Waals surface area contributed by atoms with Crippen LogP contribution in [-0.2, 0) is 11.2 Å². The quantitative estimate of drug-likeness (QED) is 0.741. The first-order valence-electron chi connectivity index (χ1n) is 7.40. The molecule has 1 amide bonds. The Balaban J connectivity index is 1.58. The van der Waals surface area contributed by atoms with Gasteiger partial charge in [0, 0.05) is 16.1 Å². The van der Waals surface area contributed by atoms with Gasteiger partial charge in [-0.15, -0.1) is 11.3 Å². The molecule has 0 saturated carbocycles. The normalized spacial score (nSPS) is 12.3. The molecular weight excluding hydrogens is 332 g/mol. The molecule has 2 N–H and O–H groups in total. The number of fused-ring (bicyclic) bond motifs is 1. The highest BCUT2D eigenvalue weighted by atomic mass is 32.1. The number of benzene rings is 2. The van der Waals surface area contributed by atoms with E-state index in [2.05, 4.69) is 5.32 Å².